The van der Waals surface area contributed by atoms with E-state index in [2.05, 4.69) is 36.5 Å². The van der Waals surface area contributed by atoms with Crippen molar-refractivity contribution in [2.45, 2.75) is 33.4 Å². The number of methoxy groups -OCH3 is 2. The molecular weight excluding hydrogens is 326 g/mol. The van der Waals surface area contributed by atoms with Gasteiger partial charge in [-0.1, -0.05) is 19.9 Å². The standard InChI is InChI=1S/C18H27N3O2.ClH/c1-14(2)12-21-13-16(11-20-21)10-19-8-7-15-5-6-17(22-3)18(9-15)23-4;/h5-6,9,11,13-14,19H,7-8,10,12H2,1-4H3;1H. The van der Waals surface area contributed by atoms with Gasteiger partial charge in [-0.3, -0.25) is 4.68 Å². The highest BCUT2D eigenvalue weighted by Gasteiger charge is 2.05. The van der Waals surface area contributed by atoms with Crippen LogP contribution in [-0.2, 0) is 19.5 Å². The van der Waals surface area contributed by atoms with Crippen molar-refractivity contribution in [2.75, 3.05) is 20.8 Å². The van der Waals surface area contributed by atoms with Crippen molar-refractivity contribution < 1.29 is 9.47 Å². The quantitative estimate of drug-likeness (QED) is 0.703. The van der Waals surface area contributed by atoms with Crippen molar-refractivity contribution >= 4 is 12.4 Å². The predicted molar refractivity (Wildman–Crippen MR) is 99.3 cm³/mol. The second-order valence-electron chi connectivity index (χ2n) is 6.08. The first-order chi connectivity index (χ1) is 11.1. The number of ether oxygens (including phenoxy) is 2. The summed E-state index contributed by atoms with van der Waals surface area (Å²) < 4.78 is 12.6. The van der Waals surface area contributed by atoms with Crippen LogP contribution in [0.2, 0.25) is 0 Å². The summed E-state index contributed by atoms with van der Waals surface area (Å²) in [6.45, 7) is 7.10. The van der Waals surface area contributed by atoms with Gasteiger partial charge in [0.15, 0.2) is 11.5 Å². The lowest BCUT2D eigenvalue weighted by Gasteiger charge is -2.10. The molecule has 1 aromatic carbocycles. The smallest absolute Gasteiger partial charge is 0.160 e. The largest absolute Gasteiger partial charge is 0.493 e. The molecule has 0 radical (unpaired) electrons. The van der Waals surface area contributed by atoms with Gasteiger partial charge in [0.1, 0.15) is 0 Å². The number of nitrogens with zero attached hydrogens (tertiary/aromatic N) is 2. The Hall–Kier alpha value is -1.72. The maximum Gasteiger partial charge on any atom is 0.160 e. The minimum atomic E-state index is 0. The fourth-order valence-electron chi connectivity index (χ4n) is 2.47. The zero-order valence-corrected chi connectivity index (χ0v) is 15.7. The van der Waals surface area contributed by atoms with Crippen molar-refractivity contribution in [2.24, 2.45) is 5.92 Å². The summed E-state index contributed by atoms with van der Waals surface area (Å²) in [7, 11) is 3.31. The molecule has 2 rings (SSSR count). The molecule has 24 heavy (non-hydrogen) atoms. The van der Waals surface area contributed by atoms with Crippen LogP contribution in [0.3, 0.4) is 0 Å². The van der Waals surface area contributed by atoms with E-state index in [0.717, 1.165) is 37.6 Å². The number of halogens is 1. The number of nitrogens with one attached hydrogen (secondary N) is 1. The zero-order chi connectivity index (χ0) is 16.7. The second-order valence-corrected chi connectivity index (χ2v) is 6.08. The molecule has 0 spiro atoms. The summed E-state index contributed by atoms with van der Waals surface area (Å²) in [5.74, 6) is 2.16. The fraction of sp³-hybridized carbons (Fsp3) is 0.500. The number of hydrogen-bond acceptors (Lipinski definition) is 4. The number of rotatable bonds is 9. The molecule has 0 fully saturated rings. The summed E-state index contributed by atoms with van der Waals surface area (Å²) >= 11 is 0. The molecule has 0 saturated heterocycles. The molecule has 5 nitrogen and oxygen atoms in total. The van der Waals surface area contributed by atoms with Crippen molar-refractivity contribution in [3.8, 4) is 11.5 Å². The van der Waals surface area contributed by atoms with Gasteiger partial charge < -0.3 is 14.8 Å². The van der Waals surface area contributed by atoms with Crippen molar-refractivity contribution in [3.05, 3.63) is 41.7 Å². The lowest BCUT2D eigenvalue weighted by Crippen LogP contribution is -2.16. The molecular formula is C18H28ClN3O2. The van der Waals surface area contributed by atoms with Crippen LogP contribution in [0.4, 0.5) is 0 Å². The highest BCUT2D eigenvalue weighted by molar-refractivity contribution is 5.85. The normalized spacial score (nSPS) is 10.5. The first-order valence-corrected chi connectivity index (χ1v) is 8.05. The Morgan fingerprint density at radius 2 is 1.88 bits per heavy atom. The third-order valence-corrected chi connectivity index (χ3v) is 3.61. The van der Waals surface area contributed by atoms with Gasteiger partial charge in [0.05, 0.1) is 20.4 Å². The van der Waals surface area contributed by atoms with Crippen LogP contribution < -0.4 is 14.8 Å². The minimum Gasteiger partial charge on any atom is -0.493 e. The first kappa shape index (κ1) is 20.3. The summed E-state index contributed by atoms with van der Waals surface area (Å²) in [5, 5.41) is 7.84. The highest BCUT2D eigenvalue weighted by Crippen LogP contribution is 2.27. The van der Waals surface area contributed by atoms with E-state index in [-0.39, 0.29) is 12.4 Å². The van der Waals surface area contributed by atoms with Crippen molar-refractivity contribution in [1.82, 2.24) is 15.1 Å². The molecule has 6 heteroatoms. The van der Waals surface area contributed by atoms with Crippen molar-refractivity contribution in [1.29, 1.82) is 0 Å². The Kier molecular flexibility index (Phi) is 8.65. The molecule has 0 aliphatic heterocycles. The summed E-state index contributed by atoms with van der Waals surface area (Å²) in [6.07, 6.45) is 5.00. The van der Waals surface area contributed by atoms with Gasteiger partial charge in [0.25, 0.3) is 0 Å². The molecule has 0 aliphatic carbocycles. The van der Waals surface area contributed by atoms with Crippen molar-refractivity contribution in [3.63, 3.8) is 0 Å². The van der Waals surface area contributed by atoms with E-state index in [1.807, 2.05) is 23.0 Å². The van der Waals surface area contributed by atoms with Crippen LogP contribution in [0.25, 0.3) is 0 Å². The molecule has 0 atom stereocenters. The number of hydrogen-bond donors (Lipinski definition) is 1. The van der Waals surface area contributed by atoms with Gasteiger partial charge in [0, 0.05) is 24.8 Å². The summed E-state index contributed by atoms with van der Waals surface area (Å²) in [4.78, 5) is 0. The Labute approximate surface area is 150 Å². The summed E-state index contributed by atoms with van der Waals surface area (Å²) in [5.41, 5.74) is 2.45. The Balaban J connectivity index is 0.00000288. The van der Waals surface area contributed by atoms with Gasteiger partial charge >= 0.3 is 0 Å². The molecule has 134 valence electrons. The van der Waals surface area contributed by atoms with Crippen LogP contribution in [0.1, 0.15) is 25.0 Å². The fourth-order valence-corrected chi connectivity index (χ4v) is 2.47. The topological polar surface area (TPSA) is 48.3 Å². The van der Waals surface area contributed by atoms with E-state index in [9.17, 15) is 0 Å². The minimum absolute atomic E-state index is 0. The Bertz CT molecular complexity index is 614. The molecule has 1 heterocycles. The Morgan fingerprint density at radius 1 is 1.12 bits per heavy atom. The molecule has 1 aromatic heterocycles. The molecule has 0 bridgehead atoms. The highest BCUT2D eigenvalue weighted by atomic mass is 35.5. The summed E-state index contributed by atoms with van der Waals surface area (Å²) in [6, 6.07) is 6.05. The maximum absolute atomic E-state index is 5.33. The monoisotopic (exact) mass is 353 g/mol. The van der Waals surface area contributed by atoms with E-state index in [0.29, 0.717) is 5.92 Å². The van der Waals surface area contributed by atoms with Gasteiger partial charge in [-0.25, -0.2) is 0 Å². The lowest BCUT2D eigenvalue weighted by atomic mass is 10.1. The second kappa shape index (κ2) is 10.2. The van der Waals surface area contributed by atoms with Crippen LogP contribution in [0.15, 0.2) is 30.6 Å². The predicted octanol–water partition coefficient (Wildman–Crippen LogP) is 3.31. The van der Waals surface area contributed by atoms with E-state index in [4.69, 9.17) is 9.47 Å². The average Bonchev–Trinajstić information content (AvgIpc) is 2.97. The third kappa shape index (κ3) is 6.06. The van der Waals surface area contributed by atoms with E-state index in [1.54, 1.807) is 14.2 Å². The van der Waals surface area contributed by atoms with Gasteiger partial charge in [-0.15, -0.1) is 12.4 Å². The lowest BCUT2D eigenvalue weighted by molar-refractivity contribution is 0.354. The van der Waals surface area contributed by atoms with Gasteiger partial charge in [-0.05, 0) is 36.6 Å². The first-order valence-electron chi connectivity index (χ1n) is 8.05. The molecule has 2 aromatic rings. The van der Waals surface area contributed by atoms with Crippen LogP contribution in [-0.4, -0.2) is 30.5 Å². The van der Waals surface area contributed by atoms with Crippen LogP contribution in [0, 0.1) is 5.92 Å². The average molecular weight is 354 g/mol. The molecule has 0 amide bonds. The Morgan fingerprint density at radius 3 is 2.54 bits per heavy atom. The zero-order valence-electron chi connectivity index (χ0n) is 14.9. The third-order valence-electron chi connectivity index (χ3n) is 3.61. The maximum atomic E-state index is 5.33. The van der Waals surface area contributed by atoms with E-state index >= 15 is 0 Å². The SMILES string of the molecule is COc1ccc(CCNCc2cnn(CC(C)C)c2)cc1OC.Cl. The molecule has 0 unspecified atom stereocenters. The van der Waals surface area contributed by atoms with Gasteiger partial charge in [-0.2, -0.15) is 5.10 Å². The molecule has 0 saturated carbocycles. The molecule has 1 N–H and O–H groups in total. The van der Waals surface area contributed by atoms with Crippen LogP contribution >= 0.6 is 12.4 Å². The van der Waals surface area contributed by atoms with Crippen LogP contribution in [0.5, 0.6) is 11.5 Å². The van der Waals surface area contributed by atoms with Gasteiger partial charge in [0.2, 0.25) is 0 Å². The number of benzene rings is 1. The van der Waals surface area contributed by atoms with E-state index < -0.39 is 0 Å². The molecule has 0 aliphatic rings. The number of aromatic nitrogens is 2. The van der Waals surface area contributed by atoms with E-state index in [1.165, 1.54) is 11.1 Å².